The van der Waals surface area contributed by atoms with Crippen molar-refractivity contribution in [1.82, 2.24) is 10.2 Å². The fraction of sp³-hybridized carbons (Fsp3) is 0.733. The van der Waals surface area contributed by atoms with E-state index in [9.17, 15) is 0 Å². The standard InChI is InChI=1S/C15H28N2O/c1-6-14-7-8-15(18-14)11-16-10-13(17(4)5)9-12(2)3/h7-8,12-13,16H,6,9-11H2,1-5H3. The lowest BCUT2D eigenvalue weighted by Gasteiger charge is -2.26. The molecule has 1 rings (SSSR count). The lowest BCUT2D eigenvalue weighted by atomic mass is 10.0. The van der Waals surface area contributed by atoms with Crippen LogP contribution >= 0.6 is 0 Å². The van der Waals surface area contributed by atoms with E-state index in [0.717, 1.165) is 36.9 Å². The summed E-state index contributed by atoms with van der Waals surface area (Å²) in [4.78, 5) is 2.30. The van der Waals surface area contributed by atoms with Crippen molar-refractivity contribution in [2.45, 2.75) is 46.2 Å². The summed E-state index contributed by atoms with van der Waals surface area (Å²) in [7, 11) is 4.30. The Morgan fingerprint density at radius 1 is 1.22 bits per heavy atom. The van der Waals surface area contributed by atoms with Crippen LogP contribution in [0.3, 0.4) is 0 Å². The zero-order chi connectivity index (χ0) is 13.5. The molecule has 3 heteroatoms. The first-order chi connectivity index (χ1) is 8.52. The number of aryl methyl sites for hydroxylation is 1. The molecule has 0 spiro atoms. The lowest BCUT2D eigenvalue weighted by Crippen LogP contribution is -2.38. The van der Waals surface area contributed by atoms with Gasteiger partial charge < -0.3 is 14.6 Å². The van der Waals surface area contributed by atoms with Gasteiger partial charge in [-0.25, -0.2) is 0 Å². The molecule has 0 saturated carbocycles. The van der Waals surface area contributed by atoms with Crippen LogP contribution in [-0.4, -0.2) is 31.6 Å². The highest BCUT2D eigenvalue weighted by Crippen LogP contribution is 2.10. The summed E-state index contributed by atoms with van der Waals surface area (Å²) in [5.74, 6) is 2.83. The van der Waals surface area contributed by atoms with Crippen molar-refractivity contribution in [3.8, 4) is 0 Å². The maximum Gasteiger partial charge on any atom is 0.117 e. The van der Waals surface area contributed by atoms with Gasteiger partial charge in [-0.15, -0.1) is 0 Å². The molecule has 0 saturated heterocycles. The number of hydrogen-bond donors (Lipinski definition) is 1. The highest BCUT2D eigenvalue weighted by atomic mass is 16.3. The van der Waals surface area contributed by atoms with Crippen molar-refractivity contribution in [2.75, 3.05) is 20.6 Å². The summed E-state index contributed by atoms with van der Waals surface area (Å²) in [6.07, 6.45) is 2.19. The maximum atomic E-state index is 5.68. The molecule has 1 heterocycles. The first-order valence-corrected chi connectivity index (χ1v) is 6.97. The summed E-state index contributed by atoms with van der Waals surface area (Å²) in [5, 5.41) is 3.49. The first kappa shape index (κ1) is 15.3. The Morgan fingerprint density at radius 2 is 1.89 bits per heavy atom. The third kappa shape index (κ3) is 5.23. The minimum Gasteiger partial charge on any atom is -0.465 e. The van der Waals surface area contributed by atoms with Crippen molar-refractivity contribution < 1.29 is 4.42 Å². The van der Waals surface area contributed by atoms with Gasteiger partial charge in [0.05, 0.1) is 6.54 Å². The van der Waals surface area contributed by atoms with Crippen LogP contribution in [0.2, 0.25) is 0 Å². The second-order valence-electron chi connectivity index (χ2n) is 5.60. The van der Waals surface area contributed by atoms with E-state index in [1.165, 1.54) is 6.42 Å². The molecule has 1 aromatic heterocycles. The molecule has 0 aliphatic carbocycles. The van der Waals surface area contributed by atoms with Crippen LogP contribution in [0.5, 0.6) is 0 Å². The molecule has 1 unspecified atom stereocenters. The van der Waals surface area contributed by atoms with Gasteiger partial charge in [-0.3, -0.25) is 0 Å². The van der Waals surface area contributed by atoms with E-state index in [1.54, 1.807) is 0 Å². The second kappa shape index (κ2) is 7.59. The highest BCUT2D eigenvalue weighted by Gasteiger charge is 2.13. The lowest BCUT2D eigenvalue weighted by molar-refractivity contribution is 0.245. The van der Waals surface area contributed by atoms with E-state index in [1.807, 2.05) is 0 Å². The highest BCUT2D eigenvalue weighted by molar-refractivity contribution is 5.06. The molecule has 0 fully saturated rings. The van der Waals surface area contributed by atoms with Gasteiger partial charge in [0.2, 0.25) is 0 Å². The second-order valence-corrected chi connectivity index (χ2v) is 5.60. The zero-order valence-electron chi connectivity index (χ0n) is 12.5. The van der Waals surface area contributed by atoms with Gasteiger partial charge in [-0.05, 0) is 38.6 Å². The van der Waals surface area contributed by atoms with Crippen molar-refractivity contribution >= 4 is 0 Å². The molecule has 1 atom stereocenters. The number of hydrogen-bond acceptors (Lipinski definition) is 3. The van der Waals surface area contributed by atoms with Crippen LogP contribution in [0.25, 0.3) is 0 Å². The maximum absolute atomic E-state index is 5.68. The Hall–Kier alpha value is -0.800. The van der Waals surface area contributed by atoms with Crippen LogP contribution in [-0.2, 0) is 13.0 Å². The molecule has 104 valence electrons. The summed E-state index contributed by atoms with van der Waals surface area (Å²) in [6.45, 7) is 8.49. The quantitative estimate of drug-likeness (QED) is 0.771. The van der Waals surface area contributed by atoms with Crippen molar-refractivity contribution in [1.29, 1.82) is 0 Å². The topological polar surface area (TPSA) is 28.4 Å². The minimum atomic E-state index is 0.589. The summed E-state index contributed by atoms with van der Waals surface area (Å²) in [5.41, 5.74) is 0. The van der Waals surface area contributed by atoms with Crippen LogP contribution in [0, 0.1) is 5.92 Å². The third-order valence-electron chi connectivity index (χ3n) is 3.22. The Morgan fingerprint density at radius 3 is 2.39 bits per heavy atom. The number of rotatable bonds is 8. The van der Waals surface area contributed by atoms with Gasteiger partial charge in [0.1, 0.15) is 11.5 Å². The number of nitrogens with one attached hydrogen (secondary N) is 1. The molecule has 0 aliphatic heterocycles. The average molecular weight is 252 g/mol. The van der Waals surface area contributed by atoms with Gasteiger partial charge in [0.15, 0.2) is 0 Å². The van der Waals surface area contributed by atoms with Crippen molar-refractivity contribution in [3.05, 3.63) is 23.7 Å². The molecule has 0 aromatic carbocycles. The molecule has 0 amide bonds. The number of furan rings is 1. The van der Waals surface area contributed by atoms with Crippen molar-refractivity contribution in [3.63, 3.8) is 0 Å². The van der Waals surface area contributed by atoms with E-state index in [-0.39, 0.29) is 0 Å². The molecule has 1 N–H and O–H groups in total. The molecule has 18 heavy (non-hydrogen) atoms. The normalized spacial score (nSPS) is 13.5. The monoisotopic (exact) mass is 252 g/mol. The molecule has 0 radical (unpaired) electrons. The molecule has 0 bridgehead atoms. The SMILES string of the molecule is CCc1ccc(CNCC(CC(C)C)N(C)C)o1. The minimum absolute atomic E-state index is 0.589. The summed E-state index contributed by atoms with van der Waals surface area (Å²) >= 11 is 0. The van der Waals surface area contributed by atoms with Crippen LogP contribution < -0.4 is 5.32 Å². The Balaban J connectivity index is 2.34. The molecular weight excluding hydrogens is 224 g/mol. The summed E-state index contributed by atoms with van der Waals surface area (Å²) in [6, 6.07) is 4.72. The van der Waals surface area contributed by atoms with Gasteiger partial charge in [-0.1, -0.05) is 20.8 Å². The van der Waals surface area contributed by atoms with Gasteiger partial charge >= 0.3 is 0 Å². The van der Waals surface area contributed by atoms with Gasteiger partial charge in [0.25, 0.3) is 0 Å². The molecule has 1 aromatic rings. The van der Waals surface area contributed by atoms with Gasteiger partial charge in [0, 0.05) is 19.0 Å². The predicted molar refractivity (Wildman–Crippen MR) is 76.7 cm³/mol. The van der Waals surface area contributed by atoms with Gasteiger partial charge in [-0.2, -0.15) is 0 Å². The Kier molecular flexibility index (Phi) is 6.44. The average Bonchev–Trinajstić information content (AvgIpc) is 2.75. The zero-order valence-corrected chi connectivity index (χ0v) is 12.5. The first-order valence-electron chi connectivity index (χ1n) is 6.97. The number of nitrogens with zero attached hydrogens (tertiary/aromatic N) is 1. The van der Waals surface area contributed by atoms with E-state index in [4.69, 9.17) is 4.42 Å². The Bertz CT molecular complexity index is 331. The summed E-state index contributed by atoms with van der Waals surface area (Å²) < 4.78 is 5.68. The van der Waals surface area contributed by atoms with E-state index >= 15 is 0 Å². The predicted octanol–water partition coefficient (Wildman–Crippen LogP) is 2.91. The van der Waals surface area contributed by atoms with Crippen molar-refractivity contribution in [2.24, 2.45) is 5.92 Å². The van der Waals surface area contributed by atoms with Crippen LogP contribution in [0.15, 0.2) is 16.5 Å². The fourth-order valence-corrected chi connectivity index (χ4v) is 2.09. The molecular formula is C15H28N2O. The Labute approximate surface area is 112 Å². The number of likely N-dealkylation sites (N-methyl/N-ethyl adjacent to an activating group) is 1. The fourth-order valence-electron chi connectivity index (χ4n) is 2.09. The van der Waals surface area contributed by atoms with Crippen LogP contribution in [0.4, 0.5) is 0 Å². The largest absolute Gasteiger partial charge is 0.465 e. The van der Waals surface area contributed by atoms with Crippen LogP contribution in [0.1, 0.15) is 38.7 Å². The third-order valence-corrected chi connectivity index (χ3v) is 3.22. The van der Waals surface area contributed by atoms with E-state index in [0.29, 0.717) is 6.04 Å². The molecule has 0 aliphatic rings. The van der Waals surface area contributed by atoms with E-state index in [2.05, 4.69) is 57.2 Å². The smallest absolute Gasteiger partial charge is 0.117 e. The molecule has 3 nitrogen and oxygen atoms in total. The van der Waals surface area contributed by atoms with E-state index < -0.39 is 0 Å².